The number of piperidine rings is 1. The van der Waals surface area contributed by atoms with Crippen LogP contribution in [0, 0.1) is 5.92 Å². The summed E-state index contributed by atoms with van der Waals surface area (Å²) in [5.41, 5.74) is -0.886. The molecule has 0 radical (unpaired) electrons. The molecule has 1 amide bonds. The van der Waals surface area contributed by atoms with Crippen LogP contribution in [0.15, 0.2) is 30.6 Å². The lowest BCUT2D eigenvalue weighted by molar-refractivity contribution is -0.137. The Morgan fingerprint density at radius 2 is 2.20 bits per heavy atom. The maximum atomic E-state index is 13.1. The number of carbonyl (C=O) groups excluding carboxylic acids is 1. The molecular formula is C16H18F3N5O. The summed E-state index contributed by atoms with van der Waals surface area (Å²) in [6, 6.07) is 3.87. The molecule has 134 valence electrons. The lowest BCUT2D eigenvalue weighted by Crippen LogP contribution is -2.40. The van der Waals surface area contributed by atoms with Gasteiger partial charge in [0.25, 0.3) is 0 Å². The number of hydrogen-bond acceptors (Lipinski definition) is 4. The summed E-state index contributed by atoms with van der Waals surface area (Å²) in [5, 5.41) is 9.95. The summed E-state index contributed by atoms with van der Waals surface area (Å²) in [6.45, 7) is 2.77. The molecule has 0 unspecified atom stereocenters. The lowest BCUT2D eigenvalue weighted by atomic mass is 9.92. The van der Waals surface area contributed by atoms with Gasteiger partial charge in [-0.15, -0.1) is 5.10 Å². The molecular weight excluding hydrogens is 335 g/mol. The van der Waals surface area contributed by atoms with Crippen molar-refractivity contribution in [1.29, 1.82) is 0 Å². The number of nitrogens with zero attached hydrogens (tertiary/aromatic N) is 3. The highest BCUT2D eigenvalue weighted by Gasteiger charge is 2.35. The zero-order chi connectivity index (χ0) is 18.0. The van der Waals surface area contributed by atoms with Crippen LogP contribution in [0.1, 0.15) is 25.3 Å². The first-order chi connectivity index (χ1) is 11.8. The van der Waals surface area contributed by atoms with Gasteiger partial charge in [0.15, 0.2) is 11.6 Å². The Morgan fingerprint density at radius 1 is 1.40 bits per heavy atom. The molecule has 2 atom stereocenters. The SMILES string of the molecule is C[C@H]1C[C@@H](C(=O)Nc2ccn(-c3ncccc3C(F)(F)F)n2)CCN1. The fourth-order valence-corrected chi connectivity index (χ4v) is 2.91. The third-order valence-corrected chi connectivity index (χ3v) is 4.14. The Kier molecular flexibility index (Phi) is 4.76. The molecule has 0 spiro atoms. The minimum atomic E-state index is -4.54. The maximum Gasteiger partial charge on any atom is 0.420 e. The summed E-state index contributed by atoms with van der Waals surface area (Å²) in [7, 11) is 0. The predicted octanol–water partition coefficient (Wildman–Crippen LogP) is 2.61. The van der Waals surface area contributed by atoms with Crippen molar-refractivity contribution >= 4 is 11.7 Å². The smallest absolute Gasteiger partial charge is 0.314 e. The molecule has 1 fully saturated rings. The van der Waals surface area contributed by atoms with E-state index < -0.39 is 11.7 Å². The molecule has 2 aromatic heterocycles. The van der Waals surface area contributed by atoms with Crippen LogP contribution in [-0.2, 0) is 11.0 Å². The van der Waals surface area contributed by atoms with Gasteiger partial charge < -0.3 is 10.6 Å². The highest BCUT2D eigenvalue weighted by Crippen LogP contribution is 2.32. The van der Waals surface area contributed by atoms with Gasteiger partial charge in [0.2, 0.25) is 5.91 Å². The van der Waals surface area contributed by atoms with E-state index in [0.717, 1.165) is 23.7 Å². The minimum Gasteiger partial charge on any atom is -0.314 e. The van der Waals surface area contributed by atoms with Crippen molar-refractivity contribution in [3.8, 4) is 5.82 Å². The molecule has 2 N–H and O–H groups in total. The minimum absolute atomic E-state index is 0.137. The Balaban J connectivity index is 1.76. The fraction of sp³-hybridized carbons (Fsp3) is 0.438. The second-order valence-electron chi connectivity index (χ2n) is 6.08. The Labute approximate surface area is 142 Å². The third kappa shape index (κ3) is 3.98. The normalized spacial score (nSPS) is 21.1. The summed E-state index contributed by atoms with van der Waals surface area (Å²) < 4.78 is 40.2. The van der Waals surface area contributed by atoms with E-state index >= 15 is 0 Å². The first-order valence-corrected chi connectivity index (χ1v) is 7.97. The largest absolute Gasteiger partial charge is 0.420 e. The Hall–Kier alpha value is -2.42. The van der Waals surface area contributed by atoms with Crippen LogP contribution in [0.4, 0.5) is 19.0 Å². The maximum absolute atomic E-state index is 13.1. The topological polar surface area (TPSA) is 71.8 Å². The molecule has 3 rings (SSSR count). The predicted molar refractivity (Wildman–Crippen MR) is 85.2 cm³/mol. The van der Waals surface area contributed by atoms with E-state index in [1.54, 1.807) is 0 Å². The summed E-state index contributed by atoms with van der Waals surface area (Å²) in [5.74, 6) is -0.432. The molecule has 0 aromatic carbocycles. The van der Waals surface area contributed by atoms with Crippen LogP contribution in [0.25, 0.3) is 5.82 Å². The second kappa shape index (κ2) is 6.83. The number of alkyl halides is 3. The van der Waals surface area contributed by atoms with Crippen LogP contribution < -0.4 is 10.6 Å². The first kappa shape index (κ1) is 17.4. The van der Waals surface area contributed by atoms with Crippen LogP contribution in [0.5, 0.6) is 0 Å². The molecule has 1 aliphatic rings. The van der Waals surface area contributed by atoms with Gasteiger partial charge in [-0.05, 0) is 38.4 Å². The number of aromatic nitrogens is 3. The van der Waals surface area contributed by atoms with Crippen molar-refractivity contribution in [3.05, 3.63) is 36.2 Å². The monoisotopic (exact) mass is 353 g/mol. The average Bonchev–Trinajstić information content (AvgIpc) is 3.02. The van der Waals surface area contributed by atoms with Crippen LogP contribution in [0.3, 0.4) is 0 Å². The highest BCUT2D eigenvalue weighted by molar-refractivity contribution is 5.91. The van der Waals surface area contributed by atoms with E-state index in [1.165, 1.54) is 24.5 Å². The van der Waals surface area contributed by atoms with Crippen molar-refractivity contribution in [2.24, 2.45) is 5.92 Å². The first-order valence-electron chi connectivity index (χ1n) is 7.97. The van der Waals surface area contributed by atoms with Gasteiger partial charge in [-0.25, -0.2) is 9.67 Å². The van der Waals surface area contributed by atoms with E-state index in [-0.39, 0.29) is 29.5 Å². The van der Waals surface area contributed by atoms with E-state index in [9.17, 15) is 18.0 Å². The molecule has 9 heteroatoms. The van der Waals surface area contributed by atoms with Gasteiger partial charge in [-0.1, -0.05) is 0 Å². The van der Waals surface area contributed by atoms with Crippen molar-refractivity contribution in [2.45, 2.75) is 32.0 Å². The second-order valence-corrected chi connectivity index (χ2v) is 6.08. The summed E-state index contributed by atoms with van der Waals surface area (Å²) in [4.78, 5) is 16.1. The number of halogens is 3. The summed E-state index contributed by atoms with van der Waals surface area (Å²) >= 11 is 0. The quantitative estimate of drug-likeness (QED) is 0.890. The number of nitrogens with one attached hydrogen (secondary N) is 2. The van der Waals surface area contributed by atoms with E-state index in [4.69, 9.17) is 0 Å². The molecule has 1 aliphatic heterocycles. The van der Waals surface area contributed by atoms with Gasteiger partial charge in [-0.3, -0.25) is 4.79 Å². The lowest BCUT2D eigenvalue weighted by Gasteiger charge is -2.26. The van der Waals surface area contributed by atoms with Gasteiger partial charge in [0.1, 0.15) is 5.56 Å². The van der Waals surface area contributed by atoms with E-state index in [1.807, 2.05) is 6.92 Å². The Morgan fingerprint density at radius 3 is 2.92 bits per heavy atom. The summed E-state index contributed by atoms with van der Waals surface area (Å²) in [6.07, 6.45) is -0.496. The van der Waals surface area contributed by atoms with Crippen LogP contribution in [-0.4, -0.2) is 33.3 Å². The van der Waals surface area contributed by atoms with Crippen LogP contribution in [0.2, 0.25) is 0 Å². The highest BCUT2D eigenvalue weighted by atomic mass is 19.4. The molecule has 3 heterocycles. The molecule has 0 saturated carbocycles. The van der Waals surface area contributed by atoms with E-state index in [2.05, 4.69) is 20.7 Å². The number of rotatable bonds is 3. The van der Waals surface area contributed by atoms with Crippen molar-refractivity contribution in [2.75, 3.05) is 11.9 Å². The van der Waals surface area contributed by atoms with Crippen molar-refractivity contribution in [3.63, 3.8) is 0 Å². The molecule has 0 bridgehead atoms. The zero-order valence-corrected chi connectivity index (χ0v) is 13.5. The standard InChI is InChI=1S/C16H18F3N5O/c1-10-9-11(4-7-20-10)15(25)22-13-5-8-24(23-13)14-12(16(17,18)19)3-2-6-21-14/h2-3,5-6,8,10-11,20H,4,7,9H2,1H3,(H,22,23,25)/t10-,11-/m0/s1. The number of pyridine rings is 1. The zero-order valence-electron chi connectivity index (χ0n) is 13.5. The fourth-order valence-electron chi connectivity index (χ4n) is 2.91. The Bertz CT molecular complexity index is 758. The van der Waals surface area contributed by atoms with Gasteiger partial charge >= 0.3 is 6.18 Å². The van der Waals surface area contributed by atoms with Crippen molar-refractivity contribution < 1.29 is 18.0 Å². The third-order valence-electron chi connectivity index (χ3n) is 4.14. The average molecular weight is 353 g/mol. The number of carbonyl (C=O) groups is 1. The number of anilines is 1. The molecule has 6 nitrogen and oxygen atoms in total. The molecule has 0 aliphatic carbocycles. The molecule has 2 aromatic rings. The molecule has 1 saturated heterocycles. The van der Waals surface area contributed by atoms with E-state index in [0.29, 0.717) is 6.42 Å². The van der Waals surface area contributed by atoms with Gasteiger partial charge in [0.05, 0.1) is 0 Å². The van der Waals surface area contributed by atoms with Crippen LogP contribution >= 0.6 is 0 Å². The number of amides is 1. The van der Waals surface area contributed by atoms with Crippen molar-refractivity contribution in [1.82, 2.24) is 20.1 Å². The van der Waals surface area contributed by atoms with Gasteiger partial charge in [-0.2, -0.15) is 13.2 Å². The molecule has 25 heavy (non-hydrogen) atoms. The number of hydrogen-bond donors (Lipinski definition) is 2. The van der Waals surface area contributed by atoms with Gasteiger partial charge in [0, 0.05) is 30.4 Å².